The van der Waals surface area contributed by atoms with Gasteiger partial charge in [-0.05, 0) is 26.0 Å². The van der Waals surface area contributed by atoms with Crippen LogP contribution in [0.15, 0.2) is 18.2 Å². The molecule has 1 aliphatic heterocycles. The lowest BCUT2D eigenvalue weighted by atomic mass is 10.2. The third-order valence-corrected chi connectivity index (χ3v) is 3.97. The Kier molecular flexibility index (Phi) is 5.13. The van der Waals surface area contributed by atoms with Crippen LogP contribution in [0.4, 0.5) is 5.69 Å². The highest BCUT2D eigenvalue weighted by Gasteiger charge is 2.25. The predicted octanol–water partition coefficient (Wildman–Crippen LogP) is 3.04. The maximum atomic E-state index is 12.2. The van der Waals surface area contributed by atoms with E-state index in [1.165, 1.54) is 0 Å². The molecule has 2 rings (SSSR count). The van der Waals surface area contributed by atoms with Gasteiger partial charge in [-0.1, -0.05) is 29.3 Å². The van der Waals surface area contributed by atoms with E-state index in [1.54, 1.807) is 18.2 Å². The monoisotopic (exact) mass is 316 g/mol. The molecule has 0 saturated carbocycles. The molecule has 1 saturated heterocycles. The second kappa shape index (κ2) is 6.66. The molecule has 2 unspecified atom stereocenters. The van der Waals surface area contributed by atoms with E-state index in [1.807, 2.05) is 18.7 Å². The summed E-state index contributed by atoms with van der Waals surface area (Å²) in [7, 11) is 0. The highest BCUT2D eigenvalue weighted by Crippen LogP contribution is 2.29. The third-order valence-electron chi connectivity index (χ3n) is 3.15. The molecule has 0 aromatic heterocycles. The maximum Gasteiger partial charge on any atom is 0.242 e. The Morgan fingerprint density at radius 1 is 1.35 bits per heavy atom. The van der Waals surface area contributed by atoms with Gasteiger partial charge in [0, 0.05) is 13.1 Å². The Labute approximate surface area is 129 Å². The van der Waals surface area contributed by atoms with E-state index < -0.39 is 0 Å². The molecule has 1 N–H and O–H groups in total. The van der Waals surface area contributed by atoms with Gasteiger partial charge in [-0.2, -0.15) is 0 Å². The number of hydrogen-bond donors (Lipinski definition) is 1. The predicted molar refractivity (Wildman–Crippen MR) is 81.5 cm³/mol. The Balaban J connectivity index is 1.93. The topological polar surface area (TPSA) is 41.6 Å². The Hall–Kier alpha value is -0.970. The SMILES string of the molecule is CC1CN(C(=O)CNc2cccc(Cl)c2Cl)CC(C)O1. The summed E-state index contributed by atoms with van der Waals surface area (Å²) in [6.45, 7) is 5.37. The molecular formula is C14H18Cl2N2O2. The van der Waals surface area contributed by atoms with E-state index in [2.05, 4.69) is 5.32 Å². The van der Waals surface area contributed by atoms with Crippen LogP contribution in [-0.2, 0) is 9.53 Å². The molecule has 0 radical (unpaired) electrons. The fourth-order valence-corrected chi connectivity index (χ4v) is 2.67. The third kappa shape index (κ3) is 3.78. The average Bonchev–Trinajstić information content (AvgIpc) is 2.39. The highest BCUT2D eigenvalue weighted by molar-refractivity contribution is 6.43. The number of nitrogens with zero attached hydrogens (tertiary/aromatic N) is 1. The van der Waals surface area contributed by atoms with E-state index >= 15 is 0 Å². The summed E-state index contributed by atoms with van der Waals surface area (Å²) in [5.74, 6) is 0.0306. The summed E-state index contributed by atoms with van der Waals surface area (Å²) in [5, 5.41) is 3.94. The van der Waals surface area contributed by atoms with Gasteiger partial charge in [-0.25, -0.2) is 0 Å². The number of nitrogens with one attached hydrogen (secondary N) is 1. The van der Waals surface area contributed by atoms with Crippen LogP contribution in [0.5, 0.6) is 0 Å². The van der Waals surface area contributed by atoms with Gasteiger partial charge in [0.1, 0.15) is 0 Å². The first-order valence-electron chi connectivity index (χ1n) is 6.58. The largest absolute Gasteiger partial charge is 0.375 e. The number of ether oxygens (including phenoxy) is 1. The first-order valence-corrected chi connectivity index (χ1v) is 7.34. The lowest BCUT2D eigenvalue weighted by molar-refractivity contribution is -0.141. The average molecular weight is 317 g/mol. The standard InChI is InChI=1S/C14H18Cl2N2O2/c1-9-7-18(8-10(2)20-9)13(19)6-17-12-5-3-4-11(15)14(12)16/h3-5,9-10,17H,6-8H2,1-2H3. The lowest BCUT2D eigenvalue weighted by Crippen LogP contribution is -2.49. The molecule has 2 atom stereocenters. The molecule has 1 aliphatic rings. The van der Waals surface area contributed by atoms with Crippen molar-refractivity contribution >= 4 is 34.8 Å². The summed E-state index contributed by atoms with van der Waals surface area (Å²) in [5.41, 5.74) is 0.668. The number of carbonyl (C=O) groups is 1. The van der Waals surface area contributed by atoms with Crippen LogP contribution in [-0.4, -0.2) is 42.6 Å². The van der Waals surface area contributed by atoms with Gasteiger partial charge in [-0.15, -0.1) is 0 Å². The molecule has 6 heteroatoms. The first kappa shape index (κ1) is 15.4. The molecule has 4 nitrogen and oxygen atoms in total. The fourth-order valence-electron chi connectivity index (χ4n) is 2.30. The number of benzene rings is 1. The number of halogens is 2. The quantitative estimate of drug-likeness (QED) is 0.932. The number of amides is 1. The molecule has 0 aliphatic carbocycles. The van der Waals surface area contributed by atoms with Gasteiger partial charge in [0.2, 0.25) is 5.91 Å². The van der Waals surface area contributed by atoms with Crippen molar-refractivity contribution in [3.8, 4) is 0 Å². The number of carbonyl (C=O) groups excluding carboxylic acids is 1. The number of hydrogen-bond acceptors (Lipinski definition) is 3. The number of rotatable bonds is 3. The second-order valence-corrected chi connectivity index (χ2v) is 5.80. The van der Waals surface area contributed by atoms with E-state index in [0.29, 0.717) is 28.8 Å². The van der Waals surface area contributed by atoms with Crippen molar-refractivity contribution in [2.24, 2.45) is 0 Å². The molecule has 0 bridgehead atoms. The smallest absolute Gasteiger partial charge is 0.242 e. The van der Waals surface area contributed by atoms with Crippen LogP contribution in [0.25, 0.3) is 0 Å². The molecule has 1 fully saturated rings. The number of morpholine rings is 1. The molecule has 1 heterocycles. The van der Waals surface area contributed by atoms with Crippen LogP contribution in [0.3, 0.4) is 0 Å². The minimum absolute atomic E-state index is 0.0306. The minimum Gasteiger partial charge on any atom is -0.375 e. The zero-order chi connectivity index (χ0) is 14.7. The molecule has 1 aromatic carbocycles. The summed E-state index contributed by atoms with van der Waals surface area (Å²) < 4.78 is 5.61. The lowest BCUT2D eigenvalue weighted by Gasteiger charge is -2.35. The van der Waals surface area contributed by atoms with E-state index in [4.69, 9.17) is 27.9 Å². The Morgan fingerprint density at radius 3 is 2.65 bits per heavy atom. The van der Waals surface area contributed by atoms with Gasteiger partial charge in [0.05, 0.1) is 34.5 Å². The van der Waals surface area contributed by atoms with Crippen LogP contribution in [0.2, 0.25) is 10.0 Å². The van der Waals surface area contributed by atoms with Crippen LogP contribution >= 0.6 is 23.2 Å². The minimum atomic E-state index is 0.0306. The van der Waals surface area contributed by atoms with Crippen molar-refractivity contribution in [1.82, 2.24) is 4.90 Å². The second-order valence-electron chi connectivity index (χ2n) is 5.01. The van der Waals surface area contributed by atoms with E-state index in [-0.39, 0.29) is 24.7 Å². The molecular weight excluding hydrogens is 299 g/mol. The summed E-state index contributed by atoms with van der Waals surface area (Å²) in [6.07, 6.45) is 0.134. The first-order chi connectivity index (χ1) is 9.47. The summed E-state index contributed by atoms with van der Waals surface area (Å²) in [4.78, 5) is 14.0. The van der Waals surface area contributed by atoms with Crippen molar-refractivity contribution in [3.05, 3.63) is 28.2 Å². The fraction of sp³-hybridized carbons (Fsp3) is 0.500. The highest BCUT2D eigenvalue weighted by atomic mass is 35.5. The Morgan fingerprint density at radius 2 is 2.00 bits per heavy atom. The van der Waals surface area contributed by atoms with Crippen molar-refractivity contribution in [3.63, 3.8) is 0 Å². The Bertz CT molecular complexity index is 486. The van der Waals surface area contributed by atoms with E-state index in [0.717, 1.165) is 0 Å². The van der Waals surface area contributed by atoms with Gasteiger partial charge < -0.3 is 15.0 Å². The normalized spacial score (nSPS) is 22.7. The maximum absolute atomic E-state index is 12.2. The van der Waals surface area contributed by atoms with Gasteiger partial charge in [0.15, 0.2) is 0 Å². The van der Waals surface area contributed by atoms with Crippen LogP contribution < -0.4 is 5.32 Å². The van der Waals surface area contributed by atoms with Crippen LogP contribution in [0.1, 0.15) is 13.8 Å². The van der Waals surface area contributed by atoms with E-state index in [9.17, 15) is 4.79 Å². The van der Waals surface area contributed by atoms with Gasteiger partial charge >= 0.3 is 0 Å². The zero-order valence-electron chi connectivity index (χ0n) is 11.5. The molecule has 20 heavy (non-hydrogen) atoms. The summed E-state index contributed by atoms with van der Waals surface area (Å²) in [6, 6.07) is 5.30. The molecule has 110 valence electrons. The molecule has 1 amide bonds. The molecule has 0 spiro atoms. The van der Waals surface area contributed by atoms with Crippen molar-refractivity contribution in [2.45, 2.75) is 26.1 Å². The van der Waals surface area contributed by atoms with Crippen molar-refractivity contribution in [1.29, 1.82) is 0 Å². The number of anilines is 1. The van der Waals surface area contributed by atoms with Gasteiger partial charge in [0.25, 0.3) is 0 Å². The van der Waals surface area contributed by atoms with Crippen molar-refractivity contribution < 1.29 is 9.53 Å². The van der Waals surface area contributed by atoms with Crippen molar-refractivity contribution in [2.75, 3.05) is 25.0 Å². The summed E-state index contributed by atoms with van der Waals surface area (Å²) >= 11 is 12.0. The molecule has 1 aromatic rings. The zero-order valence-corrected chi connectivity index (χ0v) is 13.0. The van der Waals surface area contributed by atoms with Crippen LogP contribution in [0, 0.1) is 0 Å². The van der Waals surface area contributed by atoms with Gasteiger partial charge in [-0.3, -0.25) is 4.79 Å².